The van der Waals surface area contributed by atoms with E-state index in [-0.39, 0.29) is 11.8 Å². The van der Waals surface area contributed by atoms with Gasteiger partial charge in [0.05, 0.1) is 11.8 Å². The summed E-state index contributed by atoms with van der Waals surface area (Å²) in [5.74, 6) is -2.40. The lowest BCUT2D eigenvalue weighted by Crippen LogP contribution is -2.22. The fraction of sp³-hybridized carbons (Fsp3) is 0.357. The lowest BCUT2D eigenvalue weighted by molar-refractivity contribution is -0.139. The Morgan fingerprint density at radius 2 is 1.85 bits per heavy atom. The van der Waals surface area contributed by atoms with Gasteiger partial charge in [0.1, 0.15) is 0 Å². The second kappa shape index (κ2) is 5.73. The minimum atomic E-state index is -0.934. The molecule has 2 amide bonds. The third-order valence-electron chi connectivity index (χ3n) is 3.20. The molecular formula is C14H16N2O4. The van der Waals surface area contributed by atoms with Gasteiger partial charge < -0.3 is 15.7 Å². The summed E-state index contributed by atoms with van der Waals surface area (Å²) in [6, 6.07) is 6.48. The molecule has 0 spiro atoms. The normalized spacial score (nSPS) is 20.1. The molecule has 6 nitrogen and oxygen atoms in total. The van der Waals surface area contributed by atoms with Gasteiger partial charge >= 0.3 is 5.97 Å². The van der Waals surface area contributed by atoms with Gasteiger partial charge in [-0.3, -0.25) is 14.4 Å². The Labute approximate surface area is 116 Å². The Morgan fingerprint density at radius 3 is 2.35 bits per heavy atom. The number of anilines is 1. The Kier molecular flexibility index (Phi) is 4.02. The molecule has 1 aromatic carbocycles. The number of hydrogen-bond acceptors (Lipinski definition) is 3. The van der Waals surface area contributed by atoms with Gasteiger partial charge in [-0.1, -0.05) is 0 Å². The lowest BCUT2D eigenvalue weighted by atomic mass is 10.2. The van der Waals surface area contributed by atoms with E-state index in [9.17, 15) is 14.4 Å². The first-order valence-electron chi connectivity index (χ1n) is 6.45. The van der Waals surface area contributed by atoms with Gasteiger partial charge in [-0.2, -0.15) is 0 Å². The van der Waals surface area contributed by atoms with Crippen LogP contribution in [0.5, 0.6) is 0 Å². The molecule has 1 aromatic rings. The molecule has 0 aliphatic heterocycles. The number of carbonyl (C=O) groups excluding carboxylic acids is 2. The van der Waals surface area contributed by atoms with Crippen LogP contribution in [-0.4, -0.2) is 29.4 Å². The van der Waals surface area contributed by atoms with Crippen molar-refractivity contribution >= 4 is 23.5 Å². The third-order valence-corrected chi connectivity index (χ3v) is 3.20. The molecule has 0 radical (unpaired) electrons. The summed E-state index contributed by atoms with van der Waals surface area (Å²) >= 11 is 0. The highest BCUT2D eigenvalue weighted by atomic mass is 16.4. The summed E-state index contributed by atoms with van der Waals surface area (Å²) in [5.41, 5.74) is 1.07. The highest BCUT2D eigenvalue weighted by Crippen LogP contribution is 2.39. The standard InChI is InChI=1S/C14H16N2O4/c1-2-15-12(17)8-3-5-9(6-4-8)16-13(18)10-7-11(10)14(19)20/h3-6,10-11H,2,7H2,1H3,(H,15,17)(H,16,18)(H,19,20). The topological polar surface area (TPSA) is 95.5 Å². The molecule has 0 bridgehead atoms. The number of aliphatic carboxylic acids is 1. The highest BCUT2D eigenvalue weighted by molar-refractivity contribution is 5.99. The van der Waals surface area contributed by atoms with E-state index in [0.29, 0.717) is 24.2 Å². The first kappa shape index (κ1) is 14.0. The van der Waals surface area contributed by atoms with Crippen molar-refractivity contribution in [1.82, 2.24) is 5.32 Å². The van der Waals surface area contributed by atoms with Crippen LogP contribution in [0.1, 0.15) is 23.7 Å². The summed E-state index contributed by atoms with van der Waals surface area (Å²) in [6.45, 7) is 2.39. The number of nitrogens with one attached hydrogen (secondary N) is 2. The Hall–Kier alpha value is -2.37. The minimum Gasteiger partial charge on any atom is -0.481 e. The van der Waals surface area contributed by atoms with Gasteiger partial charge in [0, 0.05) is 17.8 Å². The second-order valence-electron chi connectivity index (χ2n) is 4.71. The molecule has 1 fully saturated rings. The Morgan fingerprint density at radius 1 is 1.20 bits per heavy atom. The molecule has 0 aromatic heterocycles. The summed E-state index contributed by atoms with van der Waals surface area (Å²) in [6.07, 6.45) is 0.387. The van der Waals surface area contributed by atoms with Crippen LogP contribution in [0.2, 0.25) is 0 Å². The van der Waals surface area contributed by atoms with Gasteiger partial charge in [-0.15, -0.1) is 0 Å². The van der Waals surface area contributed by atoms with Crippen molar-refractivity contribution in [2.75, 3.05) is 11.9 Å². The van der Waals surface area contributed by atoms with Crippen molar-refractivity contribution in [2.24, 2.45) is 11.8 Å². The van der Waals surface area contributed by atoms with Crippen LogP contribution in [0.4, 0.5) is 5.69 Å². The average molecular weight is 276 g/mol. The maximum Gasteiger partial charge on any atom is 0.307 e. The quantitative estimate of drug-likeness (QED) is 0.750. The maximum atomic E-state index is 11.8. The van der Waals surface area contributed by atoms with Crippen molar-refractivity contribution in [3.05, 3.63) is 29.8 Å². The fourth-order valence-corrected chi connectivity index (χ4v) is 1.96. The number of amides is 2. The molecular weight excluding hydrogens is 260 g/mol. The van der Waals surface area contributed by atoms with Crippen molar-refractivity contribution in [2.45, 2.75) is 13.3 Å². The summed E-state index contributed by atoms with van der Waals surface area (Å²) in [5, 5.41) is 14.1. The Balaban J connectivity index is 1.93. The molecule has 106 valence electrons. The van der Waals surface area contributed by atoms with Crippen LogP contribution in [0, 0.1) is 11.8 Å². The molecule has 2 unspecified atom stereocenters. The zero-order valence-electron chi connectivity index (χ0n) is 11.1. The van der Waals surface area contributed by atoms with E-state index < -0.39 is 17.8 Å². The highest BCUT2D eigenvalue weighted by Gasteiger charge is 2.48. The predicted octanol–water partition coefficient (Wildman–Crippen LogP) is 1.10. The number of carboxylic acids is 1. The van der Waals surface area contributed by atoms with Crippen LogP contribution < -0.4 is 10.6 Å². The predicted molar refractivity (Wildman–Crippen MR) is 72.3 cm³/mol. The Bertz CT molecular complexity index is 539. The first-order chi connectivity index (χ1) is 9.52. The van der Waals surface area contributed by atoms with Crippen molar-refractivity contribution in [3.63, 3.8) is 0 Å². The lowest BCUT2D eigenvalue weighted by Gasteiger charge is -2.06. The number of carbonyl (C=O) groups is 3. The van der Waals surface area contributed by atoms with Crippen molar-refractivity contribution < 1.29 is 19.5 Å². The van der Waals surface area contributed by atoms with Crippen LogP contribution in [0.15, 0.2) is 24.3 Å². The van der Waals surface area contributed by atoms with Gasteiger partial charge in [-0.05, 0) is 37.6 Å². The van der Waals surface area contributed by atoms with E-state index >= 15 is 0 Å². The first-order valence-corrected chi connectivity index (χ1v) is 6.45. The van der Waals surface area contributed by atoms with Gasteiger partial charge in [0.2, 0.25) is 5.91 Å². The second-order valence-corrected chi connectivity index (χ2v) is 4.71. The van der Waals surface area contributed by atoms with Crippen LogP contribution in [0.25, 0.3) is 0 Å². The smallest absolute Gasteiger partial charge is 0.307 e. The zero-order chi connectivity index (χ0) is 14.7. The molecule has 2 rings (SSSR count). The third kappa shape index (κ3) is 3.14. The SMILES string of the molecule is CCNC(=O)c1ccc(NC(=O)C2CC2C(=O)O)cc1. The van der Waals surface area contributed by atoms with Crippen LogP contribution in [-0.2, 0) is 9.59 Å². The van der Waals surface area contributed by atoms with E-state index in [1.165, 1.54) is 0 Å². The molecule has 1 aliphatic carbocycles. The number of rotatable bonds is 5. The van der Waals surface area contributed by atoms with Crippen molar-refractivity contribution in [1.29, 1.82) is 0 Å². The average Bonchev–Trinajstić information content (AvgIpc) is 3.20. The number of benzene rings is 1. The van der Waals surface area contributed by atoms with Gasteiger partial charge in [0.15, 0.2) is 0 Å². The molecule has 0 saturated heterocycles. The molecule has 3 N–H and O–H groups in total. The summed E-state index contributed by atoms with van der Waals surface area (Å²) in [7, 11) is 0. The molecule has 1 aliphatic rings. The summed E-state index contributed by atoms with van der Waals surface area (Å²) < 4.78 is 0. The van der Waals surface area contributed by atoms with Crippen LogP contribution >= 0.6 is 0 Å². The molecule has 2 atom stereocenters. The maximum absolute atomic E-state index is 11.8. The molecule has 20 heavy (non-hydrogen) atoms. The van der Waals surface area contributed by atoms with E-state index in [1.807, 2.05) is 6.92 Å². The fourth-order valence-electron chi connectivity index (χ4n) is 1.96. The van der Waals surface area contributed by atoms with E-state index in [4.69, 9.17) is 5.11 Å². The number of hydrogen-bond donors (Lipinski definition) is 3. The number of carboxylic acid groups (broad SMARTS) is 1. The molecule has 1 saturated carbocycles. The largest absolute Gasteiger partial charge is 0.481 e. The summed E-state index contributed by atoms with van der Waals surface area (Å²) in [4.78, 5) is 34.0. The van der Waals surface area contributed by atoms with Gasteiger partial charge in [-0.25, -0.2) is 0 Å². The van der Waals surface area contributed by atoms with Gasteiger partial charge in [0.25, 0.3) is 5.91 Å². The van der Waals surface area contributed by atoms with E-state index in [1.54, 1.807) is 24.3 Å². The molecule has 0 heterocycles. The zero-order valence-corrected chi connectivity index (χ0v) is 11.1. The minimum absolute atomic E-state index is 0.168. The molecule has 6 heteroatoms. The van der Waals surface area contributed by atoms with Crippen LogP contribution in [0.3, 0.4) is 0 Å². The van der Waals surface area contributed by atoms with E-state index in [2.05, 4.69) is 10.6 Å². The van der Waals surface area contributed by atoms with E-state index in [0.717, 1.165) is 0 Å². The van der Waals surface area contributed by atoms with Crippen molar-refractivity contribution in [3.8, 4) is 0 Å². The monoisotopic (exact) mass is 276 g/mol.